The van der Waals surface area contributed by atoms with Crippen LogP contribution in [-0.4, -0.2) is 28.7 Å². The highest BCUT2D eigenvalue weighted by atomic mass is 19.1. The molecule has 1 saturated heterocycles. The summed E-state index contributed by atoms with van der Waals surface area (Å²) in [5, 5.41) is 0. The standard InChI is InChI=1S/C18H22FNO2/c1-18(2,3)22-17(21)20-15-8-9-16(20)11-13(10-15)12-4-6-14(19)7-5-12/h4-7,10,15-16H,8-9,11H2,1-3H3. The Balaban J connectivity index is 1.80. The van der Waals surface area contributed by atoms with E-state index in [1.54, 1.807) is 0 Å². The van der Waals surface area contributed by atoms with Crippen LogP contribution in [0.5, 0.6) is 0 Å². The molecule has 0 spiro atoms. The molecule has 1 amide bonds. The molecule has 0 radical (unpaired) electrons. The van der Waals surface area contributed by atoms with Crippen molar-refractivity contribution < 1.29 is 13.9 Å². The van der Waals surface area contributed by atoms with Gasteiger partial charge in [-0.15, -0.1) is 0 Å². The van der Waals surface area contributed by atoms with Crippen LogP contribution in [0.2, 0.25) is 0 Å². The van der Waals surface area contributed by atoms with E-state index in [4.69, 9.17) is 4.74 Å². The molecule has 2 aliphatic rings. The van der Waals surface area contributed by atoms with Gasteiger partial charge in [-0.2, -0.15) is 0 Å². The molecule has 0 N–H and O–H groups in total. The van der Waals surface area contributed by atoms with Crippen molar-refractivity contribution in [1.82, 2.24) is 4.90 Å². The predicted molar refractivity (Wildman–Crippen MR) is 83.9 cm³/mol. The monoisotopic (exact) mass is 303 g/mol. The van der Waals surface area contributed by atoms with Gasteiger partial charge in [0, 0.05) is 6.04 Å². The lowest BCUT2D eigenvalue weighted by Gasteiger charge is -2.35. The molecule has 118 valence electrons. The number of hydrogen-bond acceptors (Lipinski definition) is 2. The van der Waals surface area contributed by atoms with Crippen molar-refractivity contribution in [2.45, 2.75) is 57.7 Å². The van der Waals surface area contributed by atoms with Gasteiger partial charge in [-0.1, -0.05) is 18.2 Å². The molecule has 0 aromatic heterocycles. The topological polar surface area (TPSA) is 29.5 Å². The molecular weight excluding hydrogens is 281 g/mol. The minimum absolute atomic E-state index is 0.0913. The first kappa shape index (κ1) is 15.1. The fourth-order valence-electron chi connectivity index (χ4n) is 3.31. The Morgan fingerprint density at radius 3 is 2.50 bits per heavy atom. The SMILES string of the molecule is CC(C)(C)OC(=O)N1C2C=C(c3ccc(F)cc3)CC1CC2. The third-order valence-electron chi connectivity index (χ3n) is 4.21. The van der Waals surface area contributed by atoms with E-state index in [1.165, 1.54) is 17.7 Å². The molecule has 22 heavy (non-hydrogen) atoms. The highest BCUT2D eigenvalue weighted by molar-refractivity contribution is 5.75. The van der Waals surface area contributed by atoms with Gasteiger partial charge in [-0.25, -0.2) is 9.18 Å². The molecule has 0 aliphatic carbocycles. The van der Waals surface area contributed by atoms with Crippen molar-refractivity contribution in [1.29, 1.82) is 0 Å². The summed E-state index contributed by atoms with van der Waals surface area (Å²) >= 11 is 0. The van der Waals surface area contributed by atoms with Crippen LogP contribution >= 0.6 is 0 Å². The van der Waals surface area contributed by atoms with Gasteiger partial charge in [-0.05, 0) is 63.3 Å². The first-order valence-corrected chi connectivity index (χ1v) is 7.81. The average Bonchev–Trinajstić information content (AvgIpc) is 2.69. The van der Waals surface area contributed by atoms with Crippen molar-refractivity contribution in [3.8, 4) is 0 Å². The fraction of sp³-hybridized carbons (Fsp3) is 0.500. The van der Waals surface area contributed by atoms with Gasteiger partial charge in [-0.3, -0.25) is 4.90 Å². The summed E-state index contributed by atoms with van der Waals surface area (Å²) < 4.78 is 18.6. The molecule has 2 atom stereocenters. The number of carbonyl (C=O) groups is 1. The quantitative estimate of drug-likeness (QED) is 0.770. The summed E-state index contributed by atoms with van der Waals surface area (Å²) in [7, 11) is 0. The normalized spacial score (nSPS) is 24.2. The van der Waals surface area contributed by atoms with Crippen molar-refractivity contribution in [3.63, 3.8) is 0 Å². The van der Waals surface area contributed by atoms with Crippen molar-refractivity contribution in [3.05, 3.63) is 41.7 Å². The lowest BCUT2D eigenvalue weighted by atomic mass is 9.95. The second-order valence-electron chi connectivity index (χ2n) is 7.09. The molecule has 2 aliphatic heterocycles. The van der Waals surface area contributed by atoms with Crippen LogP contribution in [0, 0.1) is 5.82 Å². The van der Waals surface area contributed by atoms with Gasteiger partial charge in [0.1, 0.15) is 11.4 Å². The molecule has 1 aromatic rings. The van der Waals surface area contributed by atoms with Crippen molar-refractivity contribution in [2.75, 3.05) is 0 Å². The minimum Gasteiger partial charge on any atom is -0.444 e. The van der Waals surface area contributed by atoms with Gasteiger partial charge in [0.05, 0.1) is 6.04 Å². The maximum atomic E-state index is 13.1. The van der Waals surface area contributed by atoms with Gasteiger partial charge in [0.15, 0.2) is 0 Å². The molecule has 2 heterocycles. The number of ether oxygens (including phenoxy) is 1. The Bertz CT molecular complexity index is 601. The predicted octanol–water partition coefficient (Wildman–Crippen LogP) is 4.38. The summed E-state index contributed by atoms with van der Waals surface area (Å²) in [5.74, 6) is -0.224. The van der Waals surface area contributed by atoms with E-state index in [0.29, 0.717) is 0 Å². The number of nitrogens with zero attached hydrogens (tertiary/aromatic N) is 1. The zero-order valence-corrected chi connectivity index (χ0v) is 13.3. The lowest BCUT2D eigenvalue weighted by molar-refractivity contribution is 0.0175. The number of carbonyl (C=O) groups excluding carboxylic acids is 1. The summed E-state index contributed by atoms with van der Waals surface area (Å²) in [5.41, 5.74) is 1.77. The number of fused-ring (bicyclic) bond motifs is 2. The largest absolute Gasteiger partial charge is 0.444 e. The summed E-state index contributed by atoms with van der Waals surface area (Å²) in [6.07, 6.45) is 4.68. The van der Waals surface area contributed by atoms with Crippen LogP contribution in [0.3, 0.4) is 0 Å². The number of halogens is 1. The zero-order chi connectivity index (χ0) is 15.9. The van der Waals surface area contributed by atoms with E-state index in [1.807, 2.05) is 37.8 Å². The smallest absolute Gasteiger partial charge is 0.411 e. The Morgan fingerprint density at radius 2 is 1.91 bits per heavy atom. The van der Waals surface area contributed by atoms with Crippen LogP contribution < -0.4 is 0 Å². The van der Waals surface area contributed by atoms with Crippen LogP contribution in [0.15, 0.2) is 30.3 Å². The average molecular weight is 303 g/mol. The molecule has 2 unspecified atom stereocenters. The van der Waals surface area contributed by atoms with Gasteiger partial charge < -0.3 is 4.74 Å². The van der Waals surface area contributed by atoms with Gasteiger partial charge in [0.2, 0.25) is 0 Å². The van der Waals surface area contributed by atoms with E-state index in [0.717, 1.165) is 24.8 Å². The maximum absolute atomic E-state index is 13.1. The number of rotatable bonds is 1. The molecule has 1 fully saturated rings. The first-order chi connectivity index (χ1) is 10.3. The van der Waals surface area contributed by atoms with E-state index in [9.17, 15) is 9.18 Å². The van der Waals surface area contributed by atoms with Crippen molar-refractivity contribution >= 4 is 11.7 Å². The van der Waals surface area contributed by atoms with Crippen molar-refractivity contribution in [2.24, 2.45) is 0 Å². The van der Waals surface area contributed by atoms with Gasteiger partial charge in [0.25, 0.3) is 0 Å². The first-order valence-electron chi connectivity index (χ1n) is 7.81. The summed E-state index contributed by atoms with van der Waals surface area (Å²) in [4.78, 5) is 14.3. The lowest BCUT2D eigenvalue weighted by Crippen LogP contribution is -2.45. The second-order valence-corrected chi connectivity index (χ2v) is 7.09. The third kappa shape index (κ3) is 3.01. The molecular formula is C18H22FNO2. The van der Waals surface area contributed by atoms with Crippen LogP contribution in [0.4, 0.5) is 9.18 Å². The zero-order valence-electron chi connectivity index (χ0n) is 13.3. The van der Waals surface area contributed by atoms with Crippen LogP contribution in [-0.2, 0) is 4.74 Å². The molecule has 4 heteroatoms. The molecule has 1 aromatic carbocycles. The highest BCUT2D eigenvalue weighted by Gasteiger charge is 2.41. The number of benzene rings is 1. The Kier molecular flexibility index (Phi) is 3.71. The molecule has 3 rings (SSSR count). The minimum atomic E-state index is -0.475. The highest BCUT2D eigenvalue weighted by Crippen LogP contribution is 2.39. The second kappa shape index (κ2) is 5.41. The Morgan fingerprint density at radius 1 is 1.23 bits per heavy atom. The van der Waals surface area contributed by atoms with Crippen LogP contribution in [0.25, 0.3) is 5.57 Å². The number of amides is 1. The molecule has 0 saturated carbocycles. The third-order valence-corrected chi connectivity index (χ3v) is 4.21. The summed E-state index contributed by atoms with van der Waals surface area (Å²) in [6.45, 7) is 5.66. The van der Waals surface area contributed by atoms with E-state index in [-0.39, 0.29) is 24.0 Å². The van der Waals surface area contributed by atoms with E-state index < -0.39 is 5.60 Å². The number of hydrogen-bond donors (Lipinski definition) is 0. The molecule has 2 bridgehead atoms. The Labute approximate surface area is 130 Å². The maximum Gasteiger partial charge on any atom is 0.411 e. The Hall–Kier alpha value is -1.84. The fourth-order valence-corrected chi connectivity index (χ4v) is 3.31. The van der Waals surface area contributed by atoms with E-state index >= 15 is 0 Å². The van der Waals surface area contributed by atoms with Gasteiger partial charge >= 0.3 is 6.09 Å². The van der Waals surface area contributed by atoms with Crippen LogP contribution in [0.1, 0.15) is 45.6 Å². The molecule has 3 nitrogen and oxygen atoms in total. The summed E-state index contributed by atoms with van der Waals surface area (Å²) in [6, 6.07) is 6.86. The van der Waals surface area contributed by atoms with E-state index in [2.05, 4.69) is 6.08 Å².